The second-order valence-corrected chi connectivity index (χ2v) is 7.96. The van der Waals surface area contributed by atoms with E-state index in [9.17, 15) is 0 Å². The monoisotopic (exact) mass is 238 g/mol. The number of likely N-dealkylation sites (tertiary alicyclic amines) is 1. The van der Waals surface area contributed by atoms with Gasteiger partial charge in [-0.2, -0.15) is 0 Å². The Morgan fingerprint density at radius 3 is 2.18 bits per heavy atom. The van der Waals surface area contributed by atoms with Gasteiger partial charge in [0.2, 0.25) is 0 Å². The average molecular weight is 238 g/mol. The SMILES string of the molecule is CC1(C)CCN(C2(CN)CCCC(C)(C)C2)C1. The summed E-state index contributed by atoms with van der Waals surface area (Å²) in [6.07, 6.45) is 6.64. The second-order valence-electron chi connectivity index (χ2n) is 7.96. The summed E-state index contributed by atoms with van der Waals surface area (Å²) in [5.74, 6) is 0. The minimum atomic E-state index is 0.301. The van der Waals surface area contributed by atoms with Crippen LogP contribution >= 0.6 is 0 Å². The number of rotatable bonds is 2. The van der Waals surface area contributed by atoms with Crippen molar-refractivity contribution in [3.8, 4) is 0 Å². The highest BCUT2D eigenvalue weighted by atomic mass is 15.2. The lowest BCUT2D eigenvalue weighted by Gasteiger charge is -2.50. The molecule has 1 unspecified atom stereocenters. The van der Waals surface area contributed by atoms with Gasteiger partial charge < -0.3 is 5.73 Å². The van der Waals surface area contributed by atoms with Gasteiger partial charge in [-0.15, -0.1) is 0 Å². The van der Waals surface area contributed by atoms with E-state index in [1.54, 1.807) is 0 Å². The molecule has 2 aliphatic rings. The first-order valence-corrected chi connectivity index (χ1v) is 7.24. The molecule has 17 heavy (non-hydrogen) atoms. The Morgan fingerprint density at radius 1 is 1.00 bits per heavy atom. The minimum Gasteiger partial charge on any atom is -0.329 e. The maximum atomic E-state index is 6.19. The van der Waals surface area contributed by atoms with Gasteiger partial charge in [0.05, 0.1) is 0 Å². The Labute approximate surface area is 107 Å². The summed E-state index contributed by atoms with van der Waals surface area (Å²) in [7, 11) is 0. The highest BCUT2D eigenvalue weighted by Crippen LogP contribution is 2.46. The van der Waals surface area contributed by atoms with Crippen LogP contribution < -0.4 is 5.73 Å². The molecule has 2 nitrogen and oxygen atoms in total. The van der Waals surface area contributed by atoms with Crippen LogP contribution in [0.2, 0.25) is 0 Å². The molecule has 1 aliphatic heterocycles. The maximum Gasteiger partial charge on any atom is 0.0337 e. The van der Waals surface area contributed by atoms with E-state index in [1.165, 1.54) is 45.2 Å². The van der Waals surface area contributed by atoms with Crippen LogP contribution in [-0.4, -0.2) is 30.1 Å². The molecule has 2 rings (SSSR count). The van der Waals surface area contributed by atoms with Crippen molar-refractivity contribution in [1.82, 2.24) is 4.90 Å². The van der Waals surface area contributed by atoms with Crippen molar-refractivity contribution < 1.29 is 0 Å². The molecule has 0 aromatic heterocycles. The van der Waals surface area contributed by atoms with Crippen molar-refractivity contribution in [2.24, 2.45) is 16.6 Å². The van der Waals surface area contributed by atoms with E-state index < -0.39 is 0 Å². The molecule has 1 saturated heterocycles. The van der Waals surface area contributed by atoms with E-state index in [2.05, 4.69) is 32.6 Å². The third kappa shape index (κ3) is 2.68. The zero-order valence-electron chi connectivity index (χ0n) is 12.2. The third-order valence-corrected chi connectivity index (χ3v) is 5.03. The number of hydrogen-bond acceptors (Lipinski definition) is 2. The molecule has 2 N–H and O–H groups in total. The molecular formula is C15H30N2. The largest absolute Gasteiger partial charge is 0.329 e. The number of nitrogens with zero attached hydrogens (tertiary/aromatic N) is 1. The summed E-state index contributed by atoms with van der Waals surface area (Å²) in [5, 5.41) is 0. The van der Waals surface area contributed by atoms with E-state index in [0.717, 1.165) is 6.54 Å². The zero-order valence-corrected chi connectivity index (χ0v) is 12.2. The molecule has 1 heterocycles. The van der Waals surface area contributed by atoms with Crippen LogP contribution in [0.15, 0.2) is 0 Å². The molecule has 0 bridgehead atoms. The fourth-order valence-corrected chi connectivity index (χ4v) is 4.05. The van der Waals surface area contributed by atoms with Crippen LogP contribution in [0.25, 0.3) is 0 Å². The fraction of sp³-hybridized carbons (Fsp3) is 1.00. The van der Waals surface area contributed by atoms with Crippen LogP contribution in [0, 0.1) is 10.8 Å². The van der Waals surface area contributed by atoms with Crippen molar-refractivity contribution in [3.63, 3.8) is 0 Å². The second kappa shape index (κ2) is 4.24. The van der Waals surface area contributed by atoms with Gasteiger partial charge in [-0.1, -0.05) is 34.1 Å². The highest BCUT2D eigenvalue weighted by molar-refractivity contribution is 5.02. The standard InChI is InChI=1S/C15H30N2/c1-13(2)6-5-7-15(10-13,11-16)17-9-8-14(3,4)12-17/h5-12,16H2,1-4H3. The molecule has 0 amide bonds. The lowest BCUT2D eigenvalue weighted by molar-refractivity contribution is 0.0199. The predicted octanol–water partition coefficient (Wildman–Crippen LogP) is 3.02. The normalized spacial score (nSPS) is 37.2. The molecule has 2 fully saturated rings. The first-order chi connectivity index (χ1) is 7.79. The van der Waals surface area contributed by atoms with Crippen LogP contribution in [0.5, 0.6) is 0 Å². The van der Waals surface area contributed by atoms with Gasteiger partial charge in [-0.25, -0.2) is 0 Å². The van der Waals surface area contributed by atoms with E-state index in [0.29, 0.717) is 16.4 Å². The van der Waals surface area contributed by atoms with Crippen molar-refractivity contribution in [2.75, 3.05) is 19.6 Å². The summed E-state index contributed by atoms with van der Waals surface area (Å²) in [4.78, 5) is 2.72. The lowest BCUT2D eigenvalue weighted by atomic mass is 9.67. The van der Waals surface area contributed by atoms with E-state index in [1.807, 2.05) is 0 Å². The summed E-state index contributed by atoms with van der Waals surface area (Å²) < 4.78 is 0. The van der Waals surface area contributed by atoms with Gasteiger partial charge in [0.15, 0.2) is 0 Å². The molecular weight excluding hydrogens is 208 g/mol. The molecule has 0 aromatic carbocycles. The summed E-state index contributed by atoms with van der Waals surface area (Å²) in [6, 6.07) is 0. The molecule has 100 valence electrons. The quantitative estimate of drug-likeness (QED) is 0.801. The molecule has 1 saturated carbocycles. The number of nitrogens with two attached hydrogens (primary N) is 1. The van der Waals surface area contributed by atoms with E-state index in [-0.39, 0.29) is 0 Å². The van der Waals surface area contributed by atoms with Crippen LogP contribution in [-0.2, 0) is 0 Å². The lowest BCUT2D eigenvalue weighted by Crippen LogP contribution is -2.57. The maximum absolute atomic E-state index is 6.19. The molecule has 1 aliphatic carbocycles. The Balaban J connectivity index is 2.15. The Morgan fingerprint density at radius 2 is 1.71 bits per heavy atom. The Bertz CT molecular complexity index is 283. The third-order valence-electron chi connectivity index (χ3n) is 5.03. The van der Waals surface area contributed by atoms with Crippen molar-refractivity contribution >= 4 is 0 Å². The molecule has 2 heteroatoms. The van der Waals surface area contributed by atoms with Crippen molar-refractivity contribution in [1.29, 1.82) is 0 Å². The van der Waals surface area contributed by atoms with Crippen molar-refractivity contribution in [2.45, 2.75) is 65.3 Å². The zero-order chi connectivity index (χ0) is 12.7. The van der Waals surface area contributed by atoms with Crippen LogP contribution in [0.1, 0.15) is 59.8 Å². The van der Waals surface area contributed by atoms with Gasteiger partial charge in [-0.05, 0) is 43.1 Å². The first-order valence-electron chi connectivity index (χ1n) is 7.24. The first kappa shape index (κ1) is 13.4. The molecule has 0 spiro atoms. The fourth-order valence-electron chi connectivity index (χ4n) is 4.05. The molecule has 1 atom stereocenters. The van der Waals surface area contributed by atoms with Gasteiger partial charge >= 0.3 is 0 Å². The molecule has 0 aromatic rings. The Hall–Kier alpha value is -0.0800. The topological polar surface area (TPSA) is 29.3 Å². The minimum absolute atomic E-state index is 0.301. The summed E-state index contributed by atoms with van der Waals surface area (Å²) in [6.45, 7) is 12.9. The summed E-state index contributed by atoms with van der Waals surface area (Å²) >= 11 is 0. The van der Waals surface area contributed by atoms with Crippen LogP contribution in [0.4, 0.5) is 0 Å². The number of hydrogen-bond donors (Lipinski definition) is 1. The van der Waals surface area contributed by atoms with Gasteiger partial charge in [0, 0.05) is 18.6 Å². The van der Waals surface area contributed by atoms with E-state index in [4.69, 9.17) is 5.73 Å². The smallest absolute Gasteiger partial charge is 0.0337 e. The average Bonchev–Trinajstić information content (AvgIpc) is 2.57. The summed E-state index contributed by atoms with van der Waals surface area (Å²) in [5.41, 5.74) is 7.45. The molecule has 0 radical (unpaired) electrons. The van der Waals surface area contributed by atoms with Gasteiger partial charge in [-0.3, -0.25) is 4.90 Å². The Kier molecular flexibility index (Phi) is 3.33. The highest BCUT2D eigenvalue weighted by Gasteiger charge is 2.46. The van der Waals surface area contributed by atoms with E-state index >= 15 is 0 Å². The predicted molar refractivity (Wildman–Crippen MR) is 74.0 cm³/mol. The van der Waals surface area contributed by atoms with Gasteiger partial charge in [0.1, 0.15) is 0 Å². The van der Waals surface area contributed by atoms with Crippen LogP contribution in [0.3, 0.4) is 0 Å². The van der Waals surface area contributed by atoms with Crippen molar-refractivity contribution in [3.05, 3.63) is 0 Å². The van der Waals surface area contributed by atoms with Gasteiger partial charge in [0.25, 0.3) is 0 Å².